The van der Waals surface area contributed by atoms with Crippen LogP contribution in [0.25, 0.3) is 0 Å². The predicted molar refractivity (Wildman–Crippen MR) is 70.0 cm³/mol. The minimum absolute atomic E-state index is 0.459. The number of nitrogens with one attached hydrogen (secondary N) is 2. The zero-order chi connectivity index (χ0) is 14.0. The van der Waals surface area contributed by atoms with Gasteiger partial charge in [0, 0.05) is 4.90 Å². The summed E-state index contributed by atoms with van der Waals surface area (Å²) in [4.78, 5) is 35.2. The number of carbonyl (C=O) groups excluding carboxylic acids is 2. The number of rotatable bonds is 3. The van der Waals surface area contributed by atoms with Crippen LogP contribution in [0.5, 0.6) is 0 Å². The molecule has 1 atom stereocenters. The standard InChI is InChI=1S/C12H12N2O4S/c1-12(10(17)13-6-9(15)16)11(18)14-7-4-2-3-5-8(7)19-12/h2-5H,6H2,1H3,(H,13,17)(H,14,18)(H,15,16). The molecule has 100 valence electrons. The molecular weight excluding hydrogens is 268 g/mol. The minimum atomic E-state index is -1.37. The zero-order valence-electron chi connectivity index (χ0n) is 10.1. The van der Waals surface area contributed by atoms with Crippen LogP contribution >= 0.6 is 11.8 Å². The van der Waals surface area contributed by atoms with E-state index in [0.717, 1.165) is 16.7 Å². The van der Waals surface area contributed by atoms with Gasteiger partial charge in [0.15, 0.2) is 4.75 Å². The molecule has 0 spiro atoms. The number of aliphatic carboxylic acids is 1. The molecule has 0 radical (unpaired) electrons. The molecular formula is C12H12N2O4S. The zero-order valence-corrected chi connectivity index (χ0v) is 10.9. The summed E-state index contributed by atoms with van der Waals surface area (Å²) in [5.41, 5.74) is 0.654. The van der Waals surface area contributed by atoms with Crippen molar-refractivity contribution in [3.8, 4) is 0 Å². The van der Waals surface area contributed by atoms with Crippen LogP contribution < -0.4 is 10.6 Å². The monoisotopic (exact) mass is 280 g/mol. The maximum absolute atomic E-state index is 12.0. The maximum Gasteiger partial charge on any atom is 0.322 e. The number of anilines is 1. The van der Waals surface area contributed by atoms with Gasteiger partial charge in [0.05, 0.1) is 5.69 Å². The molecule has 0 aromatic heterocycles. The van der Waals surface area contributed by atoms with Crippen molar-refractivity contribution in [2.24, 2.45) is 0 Å². The second-order valence-electron chi connectivity index (χ2n) is 4.16. The molecule has 0 aliphatic carbocycles. The number of thioether (sulfide) groups is 1. The molecule has 0 saturated heterocycles. The van der Waals surface area contributed by atoms with Crippen molar-refractivity contribution in [2.75, 3.05) is 11.9 Å². The Kier molecular flexibility index (Phi) is 3.48. The average Bonchev–Trinajstić information content (AvgIpc) is 2.37. The summed E-state index contributed by atoms with van der Waals surface area (Å²) in [6.45, 7) is 0.962. The number of amides is 2. The van der Waals surface area contributed by atoms with Gasteiger partial charge < -0.3 is 15.7 Å². The smallest absolute Gasteiger partial charge is 0.322 e. The van der Waals surface area contributed by atoms with Gasteiger partial charge in [-0.25, -0.2) is 0 Å². The highest BCUT2D eigenvalue weighted by Crippen LogP contribution is 2.42. The molecule has 1 aromatic carbocycles. The lowest BCUT2D eigenvalue weighted by molar-refractivity contribution is -0.139. The molecule has 3 N–H and O–H groups in total. The van der Waals surface area contributed by atoms with E-state index in [1.165, 1.54) is 6.92 Å². The Morgan fingerprint density at radius 3 is 2.79 bits per heavy atom. The fourth-order valence-corrected chi connectivity index (χ4v) is 2.76. The number of hydrogen-bond acceptors (Lipinski definition) is 4. The third-order valence-corrected chi connectivity index (χ3v) is 4.07. The molecule has 0 fully saturated rings. The quantitative estimate of drug-likeness (QED) is 0.708. The molecule has 2 amide bonds. The number of fused-ring (bicyclic) bond motifs is 1. The van der Waals surface area contributed by atoms with Crippen LogP contribution in [0.3, 0.4) is 0 Å². The van der Waals surface area contributed by atoms with E-state index in [9.17, 15) is 14.4 Å². The van der Waals surface area contributed by atoms with Crippen LogP contribution in [0, 0.1) is 0 Å². The van der Waals surface area contributed by atoms with E-state index < -0.39 is 29.1 Å². The van der Waals surface area contributed by atoms with Crippen molar-refractivity contribution in [1.29, 1.82) is 0 Å². The average molecular weight is 280 g/mol. The molecule has 1 aliphatic rings. The van der Waals surface area contributed by atoms with Gasteiger partial charge in [-0.2, -0.15) is 0 Å². The first kappa shape index (κ1) is 13.4. The third kappa shape index (κ3) is 2.55. The van der Waals surface area contributed by atoms with Crippen LogP contribution in [0.15, 0.2) is 29.2 Å². The molecule has 1 aromatic rings. The van der Waals surface area contributed by atoms with Crippen molar-refractivity contribution in [3.05, 3.63) is 24.3 Å². The molecule has 1 heterocycles. The van der Waals surface area contributed by atoms with Gasteiger partial charge in [-0.1, -0.05) is 23.9 Å². The molecule has 1 unspecified atom stereocenters. The summed E-state index contributed by atoms with van der Waals surface area (Å²) in [5.74, 6) is -2.23. The van der Waals surface area contributed by atoms with Gasteiger partial charge in [-0.05, 0) is 19.1 Å². The van der Waals surface area contributed by atoms with Crippen molar-refractivity contribution in [2.45, 2.75) is 16.6 Å². The van der Waals surface area contributed by atoms with Crippen LogP contribution in [-0.4, -0.2) is 34.2 Å². The van der Waals surface area contributed by atoms with Crippen LogP contribution in [-0.2, 0) is 14.4 Å². The second kappa shape index (κ2) is 4.93. The first-order valence-electron chi connectivity index (χ1n) is 5.53. The first-order chi connectivity index (χ1) is 8.93. The maximum atomic E-state index is 12.0. The summed E-state index contributed by atoms with van der Waals surface area (Å²) >= 11 is 1.11. The topological polar surface area (TPSA) is 95.5 Å². The minimum Gasteiger partial charge on any atom is -0.480 e. The molecule has 0 bridgehead atoms. The van der Waals surface area contributed by atoms with Crippen LogP contribution in [0.4, 0.5) is 5.69 Å². The Labute approximate surface area is 113 Å². The lowest BCUT2D eigenvalue weighted by atomic mass is 10.1. The Morgan fingerprint density at radius 1 is 1.42 bits per heavy atom. The molecule has 2 rings (SSSR count). The van der Waals surface area contributed by atoms with Gasteiger partial charge in [0.25, 0.3) is 0 Å². The summed E-state index contributed by atoms with van der Waals surface area (Å²) in [6, 6.07) is 7.13. The van der Waals surface area contributed by atoms with E-state index in [0.29, 0.717) is 5.69 Å². The normalized spacial score (nSPS) is 21.2. The van der Waals surface area contributed by atoms with Crippen LogP contribution in [0.2, 0.25) is 0 Å². The number of carboxylic acids is 1. The number of carbonyl (C=O) groups is 3. The highest BCUT2D eigenvalue weighted by molar-refractivity contribution is 8.02. The van der Waals surface area contributed by atoms with Crippen molar-refractivity contribution < 1.29 is 19.5 Å². The second-order valence-corrected chi connectivity index (χ2v) is 5.62. The van der Waals surface area contributed by atoms with Gasteiger partial charge >= 0.3 is 5.97 Å². The van der Waals surface area contributed by atoms with Gasteiger partial charge in [0.2, 0.25) is 11.8 Å². The van der Waals surface area contributed by atoms with E-state index in [2.05, 4.69) is 10.6 Å². The highest BCUT2D eigenvalue weighted by atomic mass is 32.2. The van der Waals surface area contributed by atoms with Crippen molar-refractivity contribution >= 4 is 35.2 Å². The summed E-state index contributed by atoms with van der Waals surface area (Å²) < 4.78 is -1.37. The van der Waals surface area contributed by atoms with Gasteiger partial charge in [-0.15, -0.1) is 0 Å². The van der Waals surface area contributed by atoms with Crippen molar-refractivity contribution in [1.82, 2.24) is 5.32 Å². The lowest BCUT2D eigenvalue weighted by Crippen LogP contribution is -2.52. The van der Waals surface area contributed by atoms with E-state index in [-0.39, 0.29) is 0 Å². The van der Waals surface area contributed by atoms with Gasteiger partial charge in [0.1, 0.15) is 6.54 Å². The molecule has 6 nitrogen and oxygen atoms in total. The number of hydrogen-bond donors (Lipinski definition) is 3. The highest BCUT2D eigenvalue weighted by Gasteiger charge is 2.45. The van der Waals surface area contributed by atoms with E-state index in [4.69, 9.17) is 5.11 Å². The van der Waals surface area contributed by atoms with Gasteiger partial charge in [-0.3, -0.25) is 14.4 Å². The fraction of sp³-hybridized carbons (Fsp3) is 0.250. The SMILES string of the molecule is CC1(C(=O)NCC(=O)O)Sc2ccccc2NC1=O. The van der Waals surface area contributed by atoms with E-state index in [1.807, 2.05) is 0 Å². The Balaban J connectivity index is 2.22. The van der Waals surface area contributed by atoms with E-state index >= 15 is 0 Å². The molecule has 7 heteroatoms. The summed E-state index contributed by atoms with van der Waals surface area (Å²) in [6.07, 6.45) is 0. The predicted octanol–water partition coefficient (Wildman–Crippen LogP) is 0.690. The number of carboxylic acid groups (broad SMARTS) is 1. The first-order valence-corrected chi connectivity index (χ1v) is 6.35. The lowest BCUT2D eigenvalue weighted by Gasteiger charge is -2.31. The third-order valence-electron chi connectivity index (χ3n) is 2.72. The Hall–Kier alpha value is -2.02. The molecule has 1 aliphatic heterocycles. The number of para-hydroxylation sites is 1. The Bertz CT molecular complexity index is 560. The summed E-state index contributed by atoms with van der Waals surface area (Å²) in [5, 5.41) is 13.4. The van der Waals surface area contributed by atoms with Crippen LogP contribution in [0.1, 0.15) is 6.92 Å². The fourth-order valence-electron chi connectivity index (χ4n) is 1.64. The van der Waals surface area contributed by atoms with E-state index in [1.54, 1.807) is 24.3 Å². The summed E-state index contributed by atoms with van der Waals surface area (Å²) in [7, 11) is 0. The largest absolute Gasteiger partial charge is 0.480 e. The number of benzene rings is 1. The Morgan fingerprint density at radius 2 is 2.11 bits per heavy atom. The molecule has 19 heavy (non-hydrogen) atoms. The van der Waals surface area contributed by atoms with Crippen molar-refractivity contribution in [3.63, 3.8) is 0 Å². The molecule has 0 saturated carbocycles.